The summed E-state index contributed by atoms with van der Waals surface area (Å²) in [7, 11) is 7.75. The molecule has 0 bridgehead atoms. The van der Waals surface area contributed by atoms with E-state index < -0.39 is 5.97 Å². The van der Waals surface area contributed by atoms with E-state index in [1.54, 1.807) is 38.0 Å². The summed E-state index contributed by atoms with van der Waals surface area (Å²) >= 11 is 2.49. The summed E-state index contributed by atoms with van der Waals surface area (Å²) < 4.78 is 23.1. The molecule has 1 N–H and O–H groups in total. The van der Waals surface area contributed by atoms with Crippen molar-refractivity contribution in [3.8, 4) is 39.8 Å². The molecule has 2 heterocycles. The van der Waals surface area contributed by atoms with Crippen molar-refractivity contribution >= 4 is 40.0 Å². The molecular formula is C27H28N4O6S2. The molecular weight excluding hydrogens is 540 g/mol. The van der Waals surface area contributed by atoms with E-state index in [0.717, 1.165) is 11.1 Å². The fraction of sp³-hybridized carbons (Fsp3) is 0.259. The molecule has 0 aliphatic rings. The molecule has 0 saturated carbocycles. The van der Waals surface area contributed by atoms with Crippen molar-refractivity contribution in [2.45, 2.75) is 12.1 Å². The van der Waals surface area contributed by atoms with Crippen LogP contribution in [0.1, 0.15) is 15.9 Å². The highest BCUT2D eigenvalue weighted by Gasteiger charge is 2.23. The molecule has 0 saturated heterocycles. The summed E-state index contributed by atoms with van der Waals surface area (Å²) in [6.07, 6.45) is 0. The van der Waals surface area contributed by atoms with Gasteiger partial charge in [0.25, 0.3) is 0 Å². The molecule has 12 heteroatoms. The predicted octanol–water partition coefficient (Wildman–Crippen LogP) is 5.06. The Labute approximate surface area is 234 Å². The Morgan fingerprint density at radius 1 is 0.974 bits per heavy atom. The summed E-state index contributed by atoms with van der Waals surface area (Å²) in [6, 6.07) is 11.4. The molecule has 39 heavy (non-hydrogen) atoms. The lowest BCUT2D eigenvalue weighted by atomic mass is 10.0. The van der Waals surface area contributed by atoms with E-state index in [2.05, 4.69) is 15.5 Å². The first-order valence-electron chi connectivity index (χ1n) is 11.7. The summed E-state index contributed by atoms with van der Waals surface area (Å²) in [5.41, 5.74) is 3.72. The van der Waals surface area contributed by atoms with Crippen LogP contribution < -0.4 is 19.5 Å². The van der Waals surface area contributed by atoms with Gasteiger partial charge in [0.05, 0.1) is 34.2 Å². The molecule has 0 unspecified atom stereocenters. The number of hydrogen-bond donors (Lipinski definition) is 1. The number of methoxy groups -OCH3 is 4. The van der Waals surface area contributed by atoms with Gasteiger partial charge in [-0.05, 0) is 24.6 Å². The lowest BCUT2D eigenvalue weighted by Crippen LogP contribution is -2.16. The minimum Gasteiger partial charge on any atom is -0.493 e. The first-order chi connectivity index (χ1) is 18.8. The average molecular weight is 569 g/mol. The number of ether oxygens (including phenoxy) is 4. The van der Waals surface area contributed by atoms with Gasteiger partial charge in [-0.25, -0.2) is 4.79 Å². The molecule has 2 aromatic carbocycles. The number of nitrogens with zero attached hydrogens (tertiary/aromatic N) is 3. The van der Waals surface area contributed by atoms with Crippen LogP contribution in [-0.4, -0.2) is 60.8 Å². The Hall–Kier alpha value is -4.03. The molecule has 0 radical (unpaired) electrons. The van der Waals surface area contributed by atoms with Crippen LogP contribution >= 0.6 is 23.1 Å². The van der Waals surface area contributed by atoms with E-state index in [1.807, 2.05) is 36.6 Å². The maximum atomic E-state index is 12.9. The fourth-order valence-electron chi connectivity index (χ4n) is 3.90. The van der Waals surface area contributed by atoms with Crippen LogP contribution in [0.3, 0.4) is 0 Å². The number of hydrogen-bond acceptors (Lipinski definition) is 10. The van der Waals surface area contributed by atoms with Crippen molar-refractivity contribution in [1.82, 2.24) is 14.8 Å². The number of aromatic nitrogens is 3. The van der Waals surface area contributed by atoms with Gasteiger partial charge >= 0.3 is 5.97 Å². The molecule has 0 spiro atoms. The largest absolute Gasteiger partial charge is 0.493 e. The number of nitrogens with one attached hydrogen (secondary N) is 1. The zero-order valence-corrected chi connectivity index (χ0v) is 24.0. The zero-order valence-electron chi connectivity index (χ0n) is 22.4. The average Bonchev–Trinajstić information content (AvgIpc) is 3.53. The van der Waals surface area contributed by atoms with Crippen LogP contribution in [0.2, 0.25) is 0 Å². The zero-order chi connectivity index (χ0) is 28.1. The van der Waals surface area contributed by atoms with E-state index in [0.29, 0.717) is 49.9 Å². The van der Waals surface area contributed by atoms with Crippen LogP contribution in [0.25, 0.3) is 22.5 Å². The number of anilines is 1. The summed E-state index contributed by atoms with van der Waals surface area (Å²) in [6.45, 7) is 1.99. The summed E-state index contributed by atoms with van der Waals surface area (Å²) in [5, 5.41) is 14.2. The van der Waals surface area contributed by atoms with Gasteiger partial charge in [0, 0.05) is 23.6 Å². The van der Waals surface area contributed by atoms with E-state index in [1.165, 1.54) is 37.3 Å². The summed E-state index contributed by atoms with van der Waals surface area (Å²) in [4.78, 5) is 25.5. The predicted molar refractivity (Wildman–Crippen MR) is 151 cm³/mol. The van der Waals surface area contributed by atoms with E-state index in [9.17, 15) is 9.59 Å². The number of thioether (sulfide) groups is 1. The van der Waals surface area contributed by atoms with Gasteiger partial charge in [-0.3, -0.25) is 4.79 Å². The maximum Gasteiger partial charge on any atom is 0.341 e. The van der Waals surface area contributed by atoms with E-state index in [4.69, 9.17) is 18.9 Å². The molecule has 2 aromatic heterocycles. The molecule has 4 aromatic rings. The Bertz CT molecular complexity index is 1470. The number of benzene rings is 2. The minimum absolute atomic E-state index is 0.0552. The normalized spacial score (nSPS) is 10.7. The molecule has 4 rings (SSSR count). The number of aryl methyl sites for hydroxylation is 1. The molecule has 10 nitrogen and oxygen atoms in total. The molecule has 0 atom stereocenters. The number of carbonyl (C=O) groups is 2. The third-order valence-electron chi connectivity index (χ3n) is 5.89. The quantitative estimate of drug-likeness (QED) is 0.207. The van der Waals surface area contributed by atoms with Crippen molar-refractivity contribution in [2.75, 3.05) is 39.5 Å². The standard InChI is InChI=1S/C27H28N4O6S2/c1-15-7-9-16(10-8-15)18-13-38-25(22(18)26(33)37-6)28-21(32)14-39-27-30-29-24(31(27)2)17-11-19(34-3)23(36-5)20(12-17)35-4/h7-13H,14H2,1-6H3,(H,28,32). The lowest BCUT2D eigenvalue weighted by molar-refractivity contribution is -0.113. The van der Waals surface area contributed by atoms with E-state index in [-0.39, 0.29) is 11.7 Å². The first-order valence-corrected chi connectivity index (χ1v) is 13.6. The second kappa shape index (κ2) is 12.2. The van der Waals surface area contributed by atoms with Gasteiger partial charge in [-0.1, -0.05) is 41.6 Å². The molecule has 1 amide bonds. The van der Waals surface area contributed by atoms with Gasteiger partial charge in [-0.2, -0.15) is 0 Å². The molecule has 204 valence electrons. The summed E-state index contributed by atoms with van der Waals surface area (Å²) in [5.74, 6) is 1.27. The van der Waals surface area contributed by atoms with Crippen LogP contribution in [0.4, 0.5) is 5.00 Å². The van der Waals surface area contributed by atoms with Gasteiger partial charge in [-0.15, -0.1) is 21.5 Å². The number of rotatable bonds is 10. The third kappa shape index (κ3) is 5.86. The minimum atomic E-state index is -0.516. The van der Waals surface area contributed by atoms with Crippen LogP contribution in [-0.2, 0) is 16.6 Å². The first kappa shape index (κ1) is 28.0. The molecule has 0 aliphatic heterocycles. The fourth-order valence-corrected chi connectivity index (χ4v) is 5.58. The Morgan fingerprint density at radius 2 is 1.64 bits per heavy atom. The smallest absolute Gasteiger partial charge is 0.341 e. The Morgan fingerprint density at radius 3 is 2.23 bits per heavy atom. The highest BCUT2D eigenvalue weighted by molar-refractivity contribution is 7.99. The number of amides is 1. The van der Waals surface area contributed by atoms with Gasteiger partial charge in [0.15, 0.2) is 22.5 Å². The van der Waals surface area contributed by atoms with Crippen LogP contribution in [0, 0.1) is 6.92 Å². The second-order valence-corrected chi connectivity index (χ2v) is 10.1. The van der Waals surface area contributed by atoms with E-state index >= 15 is 0 Å². The van der Waals surface area contributed by atoms with Crippen molar-refractivity contribution in [2.24, 2.45) is 7.05 Å². The van der Waals surface area contributed by atoms with Gasteiger partial charge in [0.1, 0.15) is 10.6 Å². The number of esters is 1. The van der Waals surface area contributed by atoms with Crippen molar-refractivity contribution in [3.05, 3.63) is 52.9 Å². The highest BCUT2D eigenvalue weighted by Crippen LogP contribution is 2.41. The van der Waals surface area contributed by atoms with Crippen molar-refractivity contribution in [1.29, 1.82) is 0 Å². The molecule has 0 aliphatic carbocycles. The van der Waals surface area contributed by atoms with Crippen molar-refractivity contribution in [3.63, 3.8) is 0 Å². The van der Waals surface area contributed by atoms with Gasteiger partial charge in [0.2, 0.25) is 11.7 Å². The SMILES string of the molecule is COC(=O)c1c(-c2ccc(C)cc2)csc1NC(=O)CSc1nnc(-c2cc(OC)c(OC)c(OC)c2)n1C. The molecule has 0 fully saturated rings. The van der Waals surface area contributed by atoms with Crippen molar-refractivity contribution < 1.29 is 28.5 Å². The van der Waals surface area contributed by atoms with Crippen LogP contribution in [0.5, 0.6) is 17.2 Å². The number of carbonyl (C=O) groups excluding carboxylic acids is 2. The second-order valence-electron chi connectivity index (χ2n) is 8.33. The Balaban J connectivity index is 1.51. The van der Waals surface area contributed by atoms with Crippen LogP contribution in [0.15, 0.2) is 46.9 Å². The topological polar surface area (TPSA) is 114 Å². The maximum absolute atomic E-state index is 12.9. The lowest BCUT2D eigenvalue weighted by Gasteiger charge is -2.14. The van der Waals surface area contributed by atoms with Gasteiger partial charge < -0.3 is 28.8 Å². The highest BCUT2D eigenvalue weighted by atomic mass is 32.2. The Kier molecular flexibility index (Phi) is 8.77. The monoisotopic (exact) mass is 568 g/mol. The third-order valence-corrected chi connectivity index (χ3v) is 7.80. The number of thiophene rings is 1.